The molecule has 53 valence electrons. The van der Waals surface area contributed by atoms with Crippen molar-refractivity contribution in [2.75, 3.05) is 0 Å². The zero-order valence-electron chi connectivity index (χ0n) is 6.00. The average Bonchev–Trinajstić information content (AvgIpc) is 1.98. The minimum atomic E-state index is -0.271. The summed E-state index contributed by atoms with van der Waals surface area (Å²) < 4.78 is 0. The predicted octanol–water partition coefficient (Wildman–Crippen LogP) is 0.697. The molecule has 1 saturated heterocycles. The molecule has 0 aromatic heterocycles. The van der Waals surface area contributed by atoms with Crippen LogP contribution in [0.2, 0.25) is 0 Å². The molecular formula is C6H8NO2Y-. The van der Waals surface area contributed by atoms with Gasteiger partial charge in [0.2, 0.25) is 0 Å². The largest absolute Gasteiger partial charge is 0.595 e. The summed E-state index contributed by atoms with van der Waals surface area (Å²) in [6, 6.07) is 0. The van der Waals surface area contributed by atoms with E-state index in [2.05, 4.69) is 5.32 Å². The average molecular weight is 215 g/mol. The van der Waals surface area contributed by atoms with Gasteiger partial charge in [-0.25, -0.2) is 0 Å². The van der Waals surface area contributed by atoms with Crippen LogP contribution < -0.4 is 0 Å². The molecule has 4 heteroatoms. The van der Waals surface area contributed by atoms with Crippen LogP contribution in [0.5, 0.6) is 0 Å². The maximum Gasteiger partial charge on any atom is 0.0600 e. The first-order valence-corrected chi connectivity index (χ1v) is 2.92. The smallest absolute Gasteiger partial charge is 0.0600 e. The molecule has 0 N–H and O–H groups in total. The van der Waals surface area contributed by atoms with Crippen LogP contribution in [-0.2, 0) is 42.3 Å². The maximum absolute atomic E-state index is 10.6. The summed E-state index contributed by atoms with van der Waals surface area (Å²) in [5.74, 6) is -0.935. The maximum atomic E-state index is 10.6. The summed E-state index contributed by atoms with van der Waals surface area (Å²) in [4.78, 5) is 21.2. The normalized spacial score (nSPS) is 31.4. The van der Waals surface area contributed by atoms with Crippen LogP contribution in [-0.4, -0.2) is 11.8 Å². The topological polar surface area (TPSA) is 48.2 Å². The summed E-state index contributed by atoms with van der Waals surface area (Å²) >= 11 is 0. The molecule has 0 aliphatic carbocycles. The molecule has 1 aliphatic rings. The van der Waals surface area contributed by atoms with E-state index in [-0.39, 0.29) is 56.4 Å². The van der Waals surface area contributed by atoms with Crippen molar-refractivity contribution in [3.63, 3.8) is 0 Å². The van der Waals surface area contributed by atoms with Gasteiger partial charge in [-0.3, -0.25) is 0 Å². The quantitative estimate of drug-likeness (QED) is 0.558. The molecule has 1 radical (unpaired) electrons. The van der Waals surface area contributed by atoms with Crippen molar-refractivity contribution in [3.05, 3.63) is 5.32 Å². The molecule has 2 atom stereocenters. The van der Waals surface area contributed by atoms with Crippen LogP contribution in [0.4, 0.5) is 0 Å². The molecule has 0 saturated carbocycles. The molecule has 0 spiro atoms. The molecular weight excluding hydrogens is 207 g/mol. The Kier molecular flexibility index (Phi) is 3.67. The van der Waals surface area contributed by atoms with Crippen molar-refractivity contribution in [2.45, 2.75) is 13.8 Å². The van der Waals surface area contributed by atoms with Crippen molar-refractivity contribution < 1.29 is 42.3 Å². The van der Waals surface area contributed by atoms with Gasteiger partial charge in [0, 0.05) is 44.5 Å². The Morgan fingerprint density at radius 1 is 1.10 bits per heavy atom. The summed E-state index contributed by atoms with van der Waals surface area (Å²) in [7, 11) is 0. The Labute approximate surface area is 84.8 Å². The van der Waals surface area contributed by atoms with Gasteiger partial charge in [-0.1, -0.05) is 13.8 Å². The van der Waals surface area contributed by atoms with E-state index in [1.807, 2.05) is 0 Å². The molecule has 2 amide bonds. The molecule has 0 aromatic rings. The van der Waals surface area contributed by atoms with E-state index in [1.165, 1.54) is 0 Å². The van der Waals surface area contributed by atoms with E-state index in [9.17, 15) is 9.59 Å². The Bertz CT molecular complexity index is 151. The van der Waals surface area contributed by atoms with E-state index in [4.69, 9.17) is 0 Å². The third kappa shape index (κ3) is 1.64. The molecule has 2 unspecified atom stereocenters. The van der Waals surface area contributed by atoms with Crippen molar-refractivity contribution in [3.8, 4) is 0 Å². The Hall–Kier alpha value is 0.244. The SMILES string of the molecule is CC1C(=O)[N-]C(=O)C1C.[Y]. The molecule has 0 bridgehead atoms. The molecule has 0 aromatic carbocycles. The molecule has 1 rings (SSSR count). The van der Waals surface area contributed by atoms with Crippen LogP contribution >= 0.6 is 0 Å². The van der Waals surface area contributed by atoms with E-state index < -0.39 is 0 Å². The second kappa shape index (κ2) is 3.58. The van der Waals surface area contributed by atoms with E-state index in [0.717, 1.165) is 0 Å². The van der Waals surface area contributed by atoms with Crippen LogP contribution in [0.3, 0.4) is 0 Å². The summed E-state index contributed by atoms with van der Waals surface area (Å²) in [6.45, 7) is 3.45. The number of carbonyl (C=O) groups excluding carboxylic acids is 2. The number of nitrogens with zero attached hydrogens (tertiary/aromatic N) is 1. The fourth-order valence-corrected chi connectivity index (χ4v) is 0.740. The molecule has 10 heavy (non-hydrogen) atoms. The standard InChI is InChI=1S/C6H9NO2.Y/c1-3-4(2)6(9)7-5(3)8;/h3-4H,1-2H3,(H,7,8,9);/p-1. The van der Waals surface area contributed by atoms with Gasteiger partial charge < -0.3 is 14.9 Å². The van der Waals surface area contributed by atoms with Gasteiger partial charge in [0.25, 0.3) is 0 Å². The van der Waals surface area contributed by atoms with Crippen molar-refractivity contribution in [2.24, 2.45) is 11.8 Å². The third-order valence-electron chi connectivity index (χ3n) is 1.75. The van der Waals surface area contributed by atoms with Gasteiger partial charge in [0.15, 0.2) is 0 Å². The van der Waals surface area contributed by atoms with E-state index in [0.29, 0.717) is 0 Å². The Morgan fingerprint density at radius 2 is 1.40 bits per heavy atom. The van der Waals surface area contributed by atoms with Gasteiger partial charge in [-0.15, -0.1) is 0 Å². The fraction of sp³-hybridized carbons (Fsp3) is 0.667. The number of hydrogen-bond donors (Lipinski definition) is 0. The fourth-order valence-electron chi connectivity index (χ4n) is 0.740. The number of imide groups is 1. The summed E-state index contributed by atoms with van der Waals surface area (Å²) in [5.41, 5.74) is 0. The van der Waals surface area contributed by atoms with Gasteiger partial charge in [0.05, 0.1) is 11.8 Å². The van der Waals surface area contributed by atoms with Gasteiger partial charge in [-0.05, 0) is 0 Å². The van der Waals surface area contributed by atoms with E-state index >= 15 is 0 Å². The molecule has 3 nitrogen and oxygen atoms in total. The number of rotatable bonds is 0. The predicted molar refractivity (Wildman–Crippen MR) is 31.7 cm³/mol. The Balaban J connectivity index is 0.000000810. The second-order valence-corrected chi connectivity index (χ2v) is 2.37. The van der Waals surface area contributed by atoms with E-state index in [1.54, 1.807) is 13.8 Å². The number of carbonyl (C=O) groups is 2. The first-order chi connectivity index (χ1) is 4.13. The molecule has 1 fully saturated rings. The summed E-state index contributed by atoms with van der Waals surface area (Å²) in [6.07, 6.45) is 0. The molecule has 1 aliphatic heterocycles. The van der Waals surface area contributed by atoms with Crippen LogP contribution in [0.25, 0.3) is 5.32 Å². The minimum absolute atomic E-state index is 0. The number of amides is 2. The summed E-state index contributed by atoms with van der Waals surface area (Å²) in [5, 5.41) is 3.27. The van der Waals surface area contributed by atoms with Crippen molar-refractivity contribution in [1.82, 2.24) is 0 Å². The van der Waals surface area contributed by atoms with Crippen LogP contribution in [0.1, 0.15) is 13.8 Å². The minimum Gasteiger partial charge on any atom is -0.595 e. The van der Waals surface area contributed by atoms with Gasteiger partial charge >= 0.3 is 0 Å². The third-order valence-corrected chi connectivity index (χ3v) is 1.75. The first-order valence-electron chi connectivity index (χ1n) is 2.92. The Morgan fingerprint density at radius 3 is 1.50 bits per heavy atom. The van der Waals surface area contributed by atoms with Crippen LogP contribution in [0, 0.1) is 11.8 Å². The monoisotopic (exact) mass is 215 g/mol. The van der Waals surface area contributed by atoms with Crippen molar-refractivity contribution >= 4 is 11.8 Å². The molecule has 1 heterocycles. The van der Waals surface area contributed by atoms with Crippen LogP contribution in [0.15, 0.2) is 0 Å². The van der Waals surface area contributed by atoms with Crippen molar-refractivity contribution in [1.29, 1.82) is 0 Å². The van der Waals surface area contributed by atoms with Gasteiger partial charge in [0.1, 0.15) is 0 Å². The van der Waals surface area contributed by atoms with Gasteiger partial charge in [-0.2, -0.15) is 0 Å². The second-order valence-electron chi connectivity index (χ2n) is 2.37. The zero-order valence-corrected chi connectivity index (χ0v) is 8.83. The first kappa shape index (κ1) is 10.2. The number of hydrogen-bond acceptors (Lipinski definition) is 2. The zero-order chi connectivity index (χ0) is 7.02.